The highest BCUT2D eigenvalue weighted by Crippen LogP contribution is 2.43. The molecule has 3 aromatic carbocycles. The molecule has 3 atom stereocenters. The van der Waals surface area contributed by atoms with Crippen molar-refractivity contribution in [2.75, 3.05) is 0 Å². The molecule has 6 nitrogen and oxygen atoms in total. The van der Waals surface area contributed by atoms with Gasteiger partial charge in [0, 0.05) is 18.8 Å². The zero-order chi connectivity index (χ0) is 32.7. The van der Waals surface area contributed by atoms with E-state index in [1.165, 1.54) is 10.4 Å². The zero-order valence-corrected chi connectivity index (χ0v) is 28.6. The summed E-state index contributed by atoms with van der Waals surface area (Å²) >= 11 is 1.62. The number of nitrogens with zero attached hydrogens (tertiary/aromatic N) is 1. The van der Waals surface area contributed by atoms with Crippen molar-refractivity contribution in [1.82, 2.24) is 4.98 Å². The Bertz CT molecular complexity index is 1620. The Kier molecular flexibility index (Phi) is 10.8. The van der Waals surface area contributed by atoms with Crippen LogP contribution in [0.5, 0.6) is 0 Å². The van der Waals surface area contributed by atoms with Crippen LogP contribution in [0, 0.1) is 5.92 Å². The highest BCUT2D eigenvalue weighted by atomic mass is 32.1. The smallest absolute Gasteiger partial charge is 0.303 e. The summed E-state index contributed by atoms with van der Waals surface area (Å²) < 4.78 is 8.68. The second-order valence-electron chi connectivity index (χ2n) is 13.0. The Labute approximate surface area is 276 Å². The van der Waals surface area contributed by atoms with Crippen LogP contribution in [0.15, 0.2) is 109 Å². The van der Waals surface area contributed by atoms with E-state index >= 15 is 0 Å². The SMILES string of the molecule is CC(C)(C)[Si](O[C@H](CC=C1C(=O)C[C@H](O)[C@@H]1CC=CCCCC(=O)O)c1nc2ccccc2s1)(c1ccccc1)c1ccccc1. The van der Waals surface area contributed by atoms with E-state index in [1.807, 2.05) is 48.6 Å². The van der Waals surface area contributed by atoms with Crippen molar-refractivity contribution in [3.05, 3.63) is 114 Å². The lowest BCUT2D eigenvalue weighted by Crippen LogP contribution is -2.66. The van der Waals surface area contributed by atoms with Crippen LogP contribution in [-0.2, 0) is 14.0 Å². The van der Waals surface area contributed by atoms with Crippen molar-refractivity contribution in [3.8, 4) is 0 Å². The van der Waals surface area contributed by atoms with Crippen LogP contribution in [0.25, 0.3) is 10.2 Å². The number of aromatic nitrogens is 1. The number of ketones is 1. The molecule has 2 N–H and O–H groups in total. The first kappa shape index (κ1) is 33.7. The standard InChI is InChI=1S/C38H43NO5SSi/c1-38(2,3)46(27-16-8-6-9-17-27,28-18-10-7-11-19-28)44-34(37-39-31-21-14-15-22-35(31)45-37)25-24-30-29(32(40)26-33(30)41)20-12-4-5-13-23-36(42)43/h4,6-12,14-19,21-22,24,29,32,34,40H,5,13,20,23,25-26H2,1-3H3,(H,42,43)/t29-,32+,34-/m1/s1. The molecule has 0 aliphatic heterocycles. The number of allylic oxidation sites excluding steroid dienone is 2. The Hall–Kier alpha value is -3.69. The maximum absolute atomic E-state index is 13.2. The minimum absolute atomic E-state index is 0.0368. The fourth-order valence-corrected chi connectivity index (χ4v) is 12.3. The van der Waals surface area contributed by atoms with Gasteiger partial charge >= 0.3 is 5.97 Å². The number of Topliss-reactive ketones (excluding diaryl/α,β-unsaturated/α-hetero) is 1. The van der Waals surface area contributed by atoms with Gasteiger partial charge in [-0.25, -0.2) is 4.98 Å². The number of carboxylic acid groups (broad SMARTS) is 1. The molecule has 1 aliphatic carbocycles. The first-order valence-electron chi connectivity index (χ1n) is 16.0. The second kappa shape index (κ2) is 14.8. The molecule has 0 bridgehead atoms. The van der Waals surface area contributed by atoms with Gasteiger partial charge in [-0.2, -0.15) is 0 Å². The van der Waals surface area contributed by atoms with Crippen molar-refractivity contribution in [2.24, 2.45) is 5.92 Å². The molecular formula is C38H43NO5SSi. The van der Waals surface area contributed by atoms with Crippen molar-refractivity contribution in [2.45, 2.75) is 76.5 Å². The molecule has 0 radical (unpaired) electrons. The van der Waals surface area contributed by atoms with Crippen LogP contribution in [0.1, 0.15) is 70.4 Å². The van der Waals surface area contributed by atoms with E-state index in [9.17, 15) is 14.7 Å². The number of carbonyl (C=O) groups excluding carboxylic acids is 1. The Morgan fingerprint density at radius 1 is 1.00 bits per heavy atom. The van der Waals surface area contributed by atoms with Gasteiger partial charge < -0.3 is 14.6 Å². The van der Waals surface area contributed by atoms with E-state index < -0.39 is 26.5 Å². The Morgan fingerprint density at radius 2 is 1.63 bits per heavy atom. The Morgan fingerprint density at radius 3 is 2.24 bits per heavy atom. The van der Waals surface area contributed by atoms with E-state index in [-0.39, 0.29) is 29.6 Å². The lowest BCUT2D eigenvalue weighted by atomic mass is 9.95. The predicted octanol–water partition coefficient (Wildman–Crippen LogP) is 7.38. The topological polar surface area (TPSA) is 96.7 Å². The van der Waals surface area contributed by atoms with Crippen LogP contribution < -0.4 is 10.4 Å². The van der Waals surface area contributed by atoms with Crippen molar-refractivity contribution in [1.29, 1.82) is 0 Å². The van der Waals surface area contributed by atoms with Gasteiger partial charge in [0.15, 0.2) is 5.78 Å². The predicted molar refractivity (Wildman–Crippen MR) is 188 cm³/mol. The van der Waals surface area contributed by atoms with E-state index in [0.717, 1.165) is 15.2 Å². The third kappa shape index (κ3) is 7.47. The maximum Gasteiger partial charge on any atom is 0.303 e. The number of aliphatic hydroxyl groups excluding tert-OH is 1. The van der Waals surface area contributed by atoms with Crippen LogP contribution in [0.2, 0.25) is 5.04 Å². The summed E-state index contributed by atoms with van der Waals surface area (Å²) in [6, 6.07) is 29.1. The molecule has 1 aliphatic rings. The van der Waals surface area contributed by atoms with Crippen molar-refractivity contribution in [3.63, 3.8) is 0 Å². The number of thiazole rings is 1. The lowest BCUT2D eigenvalue weighted by molar-refractivity contribution is -0.137. The number of hydrogen-bond donors (Lipinski definition) is 2. The van der Waals surface area contributed by atoms with Gasteiger partial charge in [-0.15, -0.1) is 11.3 Å². The number of carbonyl (C=O) groups is 2. The van der Waals surface area contributed by atoms with E-state index in [2.05, 4.69) is 75.4 Å². The van der Waals surface area contributed by atoms with Gasteiger partial charge in [0.1, 0.15) is 11.1 Å². The average molecular weight is 654 g/mol. The number of benzene rings is 3. The first-order chi connectivity index (χ1) is 22.1. The fourth-order valence-electron chi connectivity index (χ4n) is 6.51. The quantitative estimate of drug-likeness (QED) is 0.0677. The molecule has 0 spiro atoms. The van der Waals surface area contributed by atoms with E-state index in [0.29, 0.717) is 31.3 Å². The number of unbranched alkanes of at least 4 members (excludes halogenated alkanes) is 1. The molecule has 1 saturated carbocycles. The van der Waals surface area contributed by atoms with E-state index in [4.69, 9.17) is 14.5 Å². The highest BCUT2D eigenvalue weighted by Gasteiger charge is 2.52. The average Bonchev–Trinajstić information content (AvgIpc) is 3.58. The monoisotopic (exact) mass is 653 g/mol. The summed E-state index contributed by atoms with van der Waals surface area (Å²) in [5.41, 5.74) is 1.56. The van der Waals surface area contributed by atoms with Crippen LogP contribution in [0.4, 0.5) is 0 Å². The molecule has 0 amide bonds. The number of fused-ring (bicyclic) bond motifs is 1. The summed E-state index contributed by atoms with van der Waals surface area (Å²) in [6.07, 6.45) is 7.12. The van der Waals surface area contributed by atoms with Crippen molar-refractivity contribution < 1.29 is 24.2 Å². The van der Waals surface area contributed by atoms with Gasteiger partial charge in [-0.05, 0) is 58.8 Å². The first-order valence-corrected chi connectivity index (χ1v) is 18.7. The minimum atomic E-state index is -2.96. The lowest BCUT2D eigenvalue weighted by Gasteiger charge is -2.44. The largest absolute Gasteiger partial charge is 0.481 e. The summed E-state index contributed by atoms with van der Waals surface area (Å²) in [6.45, 7) is 6.76. The highest BCUT2D eigenvalue weighted by molar-refractivity contribution is 7.18. The van der Waals surface area contributed by atoms with Crippen LogP contribution in [-0.4, -0.2) is 41.4 Å². The van der Waals surface area contributed by atoms with Gasteiger partial charge in [-0.1, -0.05) is 112 Å². The number of rotatable bonds is 13. The maximum atomic E-state index is 13.2. The number of hydrogen-bond acceptors (Lipinski definition) is 6. The minimum Gasteiger partial charge on any atom is -0.481 e. The molecule has 5 rings (SSSR count). The number of aliphatic hydroxyl groups is 1. The fraction of sp³-hybridized carbons (Fsp3) is 0.342. The third-order valence-electron chi connectivity index (χ3n) is 8.77. The van der Waals surface area contributed by atoms with Crippen molar-refractivity contribution >= 4 is 52.0 Å². The molecule has 1 heterocycles. The molecular weight excluding hydrogens is 611 g/mol. The van der Waals surface area contributed by atoms with Gasteiger partial charge in [0.25, 0.3) is 8.32 Å². The number of carboxylic acids is 1. The summed E-state index contributed by atoms with van der Waals surface area (Å²) in [7, 11) is -2.96. The van der Waals surface area contributed by atoms with Gasteiger partial charge in [-0.3, -0.25) is 9.59 Å². The number of aliphatic carboxylic acids is 1. The van der Waals surface area contributed by atoms with Gasteiger partial charge in [0.05, 0.1) is 16.3 Å². The summed E-state index contributed by atoms with van der Waals surface area (Å²) in [5.74, 6) is -1.16. The van der Waals surface area contributed by atoms with Crippen LogP contribution >= 0.6 is 11.3 Å². The molecule has 1 fully saturated rings. The summed E-state index contributed by atoms with van der Waals surface area (Å²) in [5, 5.41) is 22.7. The van der Waals surface area contributed by atoms with Gasteiger partial charge in [0.2, 0.25) is 0 Å². The molecule has 1 aromatic heterocycles. The molecule has 240 valence electrons. The normalized spacial score (nSPS) is 19.0. The molecule has 8 heteroatoms. The second-order valence-corrected chi connectivity index (χ2v) is 18.3. The zero-order valence-electron chi connectivity index (χ0n) is 26.8. The van der Waals surface area contributed by atoms with Crippen LogP contribution in [0.3, 0.4) is 0 Å². The molecule has 4 aromatic rings. The number of para-hydroxylation sites is 1. The Balaban J connectivity index is 1.54. The molecule has 46 heavy (non-hydrogen) atoms. The molecule has 0 saturated heterocycles. The van der Waals surface area contributed by atoms with E-state index in [1.54, 1.807) is 11.3 Å². The third-order valence-corrected chi connectivity index (χ3v) is 14.9. The summed E-state index contributed by atoms with van der Waals surface area (Å²) in [4.78, 5) is 29.1. The molecule has 0 unspecified atom stereocenters.